The predicted octanol–water partition coefficient (Wildman–Crippen LogP) is 1.48. The summed E-state index contributed by atoms with van der Waals surface area (Å²) in [5.74, 6) is 1.52. The van der Waals surface area contributed by atoms with Gasteiger partial charge in [-0.3, -0.25) is 9.59 Å². The minimum absolute atomic E-state index is 0.0146. The first-order valence-corrected chi connectivity index (χ1v) is 7.65. The van der Waals surface area contributed by atoms with Gasteiger partial charge in [-0.15, -0.1) is 11.8 Å². The van der Waals surface area contributed by atoms with E-state index in [1.807, 2.05) is 24.8 Å². The summed E-state index contributed by atoms with van der Waals surface area (Å²) in [5.41, 5.74) is 0.751. The highest BCUT2D eigenvalue weighted by Crippen LogP contribution is 2.25. The van der Waals surface area contributed by atoms with Crippen LogP contribution < -0.4 is 0 Å². The van der Waals surface area contributed by atoms with E-state index in [4.69, 9.17) is 0 Å². The van der Waals surface area contributed by atoms with E-state index in [-0.39, 0.29) is 17.9 Å². The fourth-order valence-corrected chi connectivity index (χ4v) is 3.36. The fraction of sp³-hybridized carbons (Fsp3) is 0.692. The van der Waals surface area contributed by atoms with Crippen LogP contribution in [0.3, 0.4) is 0 Å². The van der Waals surface area contributed by atoms with Gasteiger partial charge in [-0.2, -0.15) is 0 Å². The summed E-state index contributed by atoms with van der Waals surface area (Å²) < 4.78 is 0. The summed E-state index contributed by atoms with van der Waals surface area (Å²) in [6.07, 6.45) is 3.87. The summed E-state index contributed by atoms with van der Waals surface area (Å²) in [5, 5.41) is 0. The zero-order valence-electron chi connectivity index (χ0n) is 11.0. The highest BCUT2D eigenvalue weighted by Gasteiger charge is 2.38. The highest BCUT2D eigenvalue weighted by atomic mass is 32.2. The third kappa shape index (κ3) is 2.55. The van der Waals surface area contributed by atoms with Gasteiger partial charge in [-0.25, -0.2) is 0 Å². The average molecular weight is 268 g/mol. The first-order chi connectivity index (χ1) is 8.65. The van der Waals surface area contributed by atoms with E-state index in [1.165, 1.54) is 0 Å². The molecule has 2 amide bonds. The van der Waals surface area contributed by atoms with Crippen LogP contribution in [0, 0.1) is 0 Å². The van der Waals surface area contributed by atoms with Crippen molar-refractivity contribution in [1.29, 1.82) is 0 Å². The Morgan fingerprint density at radius 3 is 2.67 bits per heavy atom. The smallest absolute Gasteiger partial charge is 0.250 e. The standard InChI is InChI=1S/C13H20N2O2S/c1-3-5-10(2)12(16)15-9-18-8-11(15)13(17)14-6-4-7-14/h5,11H,3-4,6-9H2,1-2H3/b10-5+. The van der Waals surface area contributed by atoms with E-state index in [1.54, 1.807) is 16.7 Å². The molecule has 0 aliphatic carbocycles. The highest BCUT2D eigenvalue weighted by molar-refractivity contribution is 7.99. The van der Waals surface area contributed by atoms with Crippen molar-refractivity contribution in [3.05, 3.63) is 11.6 Å². The summed E-state index contributed by atoms with van der Waals surface area (Å²) in [6, 6.07) is -0.247. The zero-order valence-corrected chi connectivity index (χ0v) is 11.8. The molecule has 2 aliphatic rings. The van der Waals surface area contributed by atoms with Crippen molar-refractivity contribution < 1.29 is 9.59 Å². The lowest BCUT2D eigenvalue weighted by atomic mass is 10.1. The molecular formula is C13H20N2O2S. The van der Waals surface area contributed by atoms with Gasteiger partial charge in [0.2, 0.25) is 5.91 Å². The van der Waals surface area contributed by atoms with Crippen LogP contribution in [-0.2, 0) is 9.59 Å². The van der Waals surface area contributed by atoms with Gasteiger partial charge in [0.05, 0.1) is 5.88 Å². The van der Waals surface area contributed by atoms with Gasteiger partial charge in [-0.1, -0.05) is 13.0 Å². The predicted molar refractivity (Wildman–Crippen MR) is 73.2 cm³/mol. The molecule has 0 aromatic rings. The number of likely N-dealkylation sites (tertiary alicyclic amines) is 1. The van der Waals surface area contributed by atoms with E-state index in [0.717, 1.165) is 37.3 Å². The molecule has 4 nitrogen and oxygen atoms in total. The van der Waals surface area contributed by atoms with Gasteiger partial charge in [0.1, 0.15) is 6.04 Å². The van der Waals surface area contributed by atoms with Gasteiger partial charge < -0.3 is 9.80 Å². The zero-order chi connectivity index (χ0) is 13.1. The van der Waals surface area contributed by atoms with Gasteiger partial charge in [0.15, 0.2) is 0 Å². The Labute approximate surface area is 112 Å². The van der Waals surface area contributed by atoms with Crippen molar-refractivity contribution in [2.75, 3.05) is 24.7 Å². The van der Waals surface area contributed by atoms with Crippen molar-refractivity contribution >= 4 is 23.6 Å². The van der Waals surface area contributed by atoms with Crippen LogP contribution in [0.2, 0.25) is 0 Å². The van der Waals surface area contributed by atoms with Gasteiger partial charge in [0, 0.05) is 24.4 Å². The Morgan fingerprint density at radius 1 is 1.39 bits per heavy atom. The molecule has 2 rings (SSSR count). The molecule has 1 unspecified atom stereocenters. The quantitative estimate of drug-likeness (QED) is 0.728. The lowest BCUT2D eigenvalue weighted by Crippen LogP contribution is -2.53. The van der Waals surface area contributed by atoms with Crippen molar-refractivity contribution in [3.8, 4) is 0 Å². The first-order valence-electron chi connectivity index (χ1n) is 6.49. The first kappa shape index (κ1) is 13.5. The number of carbonyl (C=O) groups excluding carboxylic acids is 2. The monoisotopic (exact) mass is 268 g/mol. The molecule has 0 aromatic heterocycles. The van der Waals surface area contributed by atoms with Gasteiger partial charge in [0.25, 0.3) is 5.91 Å². The second-order valence-corrected chi connectivity index (χ2v) is 5.76. The summed E-state index contributed by atoms with van der Waals surface area (Å²) in [7, 11) is 0. The molecule has 0 spiro atoms. The Kier molecular flexibility index (Phi) is 4.32. The molecule has 2 fully saturated rings. The van der Waals surface area contributed by atoms with Crippen LogP contribution in [0.5, 0.6) is 0 Å². The number of amides is 2. The molecule has 1 atom stereocenters. The number of rotatable bonds is 3. The Balaban J connectivity index is 2.04. The average Bonchev–Trinajstić information content (AvgIpc) is 2.74. The van der Waals surface area contributed by atoms with Crippen molar-refractivity contribution in [3.63, 3.8) is 0 Å². The number of hydrogen-bond donors (Lipinski definition) is 0. The van der Waals surface area contributed by atoms with Crippen LogP contribution in [0.4, 0.5) is 0 Å². The Hall–Kier alpha value is -0.970. The van der Waals surface area contributed by atoms with E-state index < -0.39 is 0 Å². The molecule has 0 bridgehead atoms. The molecule has 0 radical (unpaired) electrons. The lowest BCUT2D eigenvalue weighted by Gasteiger charge is -2.35. The van der Waals surface area contributed by atoms with Crippen molar-refractivity contribution in [1.82, 2.24) is 9.80 Å². The maximum Gasteiger partial charge on any atom is 0.250 e. The van der Waals surface area contributed by atoms with E-state index >= 15 is 0 Å². The second-order valence-electron chi connectivity index (χ2n) is 4.76. The molecule has 0 aromatic carbocycles. The molecule has 2 heterocycles. The number of nitrogens with zero attached hydrogens (tertiary/aromatic N) is 2. The van der Waals surface area contributed by atoms with Crippen LogP contribution >= 0.6 is 11.8 Å². The summed E-state index contributed by atoms with van der Waals surface area (Å²) >= 11 is 1.66. The Morgan fingerprint density at radius 2 is 2.11 bits per heavy atom. The van der Waals surface area contributed by atoms with Gasteiger partial charge >= 0.3 is 0 Å². The molecule has 2 aliphatic heterocycles. The van der Waals surface area contributed by atoms with E-state index in [2.05, 4.69) is 0 Å². The number of hydrogen-bond acceptors (Lipinski definition) is 3. The topological polar surface area (TPSA) is 40.6 Å². The fourth-order valence-electron chi connectivity index (χ4n) is 2.21. The van der Waals surface area contributed by atoms with E-state index in [9.17, 15) is 9.59 Å². The SMILES string of the molecule is CC/C=C(\C)C(=O)N1CSCC1C(=O)N1CCC1. The normalized spacial score (nSPS) is 24.1. The molecule has 0 saturated carbocycles. The van der Waals surface area contributed by atoms with Crippen LogP contribution in [0.25, 0.3) is 0 Å². The largest absolute Gasteiger partial charge is 0.341 e. The number of thioether (sulfide) groups is 1. The third-order valence-electron chi connectivity index (χ3n) is 3.44. The minimum atomic E-state index is -0.247. The number of carbonyl (C=O) groups is 2. The molecular weight excluding hydrogens is 248 g/mol. The molecule has 0 N–H and O–H groups in total. The summed E-state index contributed by atoms with van der Waals surface area (Å²) in [4.78, 5) is 28.1. The third-order valence-corrected chi connectivity index (χ3v) is 4.46. The molecule has 2 saturated heterocycles. The van der Waals surface area contributed by atoms with Gasteiger partial charge in [-0.05, 0) is 19.8 Å². The maximum atomic E-state index is 12.3. The summed E-state index contributed by atoms with van der Waals surface area (Å²) in [6.45, 7) is 5.55. The Bertz CT molecular complexity index is 377. The van der Waals surface area contributed by atoms with Crippen LogP contribution in [0.15, 0.2) is 11.6 Å². The van der Waals surface area contributed by atoms with Crippen LogP contribution in [-0.4, -0.2) is 52.4 Å². The van der Waals surface area contributed by atoms with Crippen molar-refractivity contribution in [2.45, 2.75) is 32.7 Å². The molecule has 18 heavy (non-hydrogen) atoms. The van der Waals surface area contributed by atoms with Crippen LogP contribution in [0.1, 0.15) is 26.7 Å². The molecule has 5 heteroatoms. The van der Waals surface area contributed by atoms with Crippen molar-refractivity contribution in [2.24, 2.45) is 0 Å². The minimum Gasteiger partial charge on any atom is -0.341 e. The maximum absolute atomic E-state index is 12.3. The number of allylic oxidation sites excluding steroid dienone is 1. The van der Waals surface area contributed by atoms with E-state index in [0.29, 0.717) is 5.88 Å². The lowest BCUT2D eigenvalue weighted by molar-refractivity contribution is -0.144. The second kappa shape index (κ2) is 5.78. The molecule has 100 valence electrons.